The van der Waals surface area contributed by atoms with Gasteiger partial charge in [0.05, 0.1) is 28.0 Å². The molecular formula is C25H19Cl3N6OS. The minimum atomic E-state index is -0.227. The van der Waals surface area contributed by atoms with Gasteiger partial charge in [-0.1, -0.05) is 59.1 Å². The molecule has 0 bridgehead atoms. The van der Waals surface area contributed by atoms with Gasteiger partial charge in [0.15, 0.2) is 5.82 Å². The van der Waals surface area contributed by atoms with Gasteiger partial charge >= 0.3 is 6.03 Å². The molecule has 36 heavy (non-hydrogen) atoms. The number of nitrogens with zero attached hydrogens (tertiary/aromatic N) is 5. The third-order valence-corrected chi connectivity index (χ3v) is 8.71. The fraction of sp³-hybridized carbons (Fsp3) is 0.200. The number of aryl methyl sites for hydroxylation is 1. The van der Waals surface area contributed by atoms with Crippen LogP contribution in [0.25, 0.3) is 5.00 Å². The maximum atomic E-state index is 13.1. The molecule has 0 fully saturated rings. The van der Waals surface area contributed by atoms with Gasteiger partial charge in [0.25, 0.3) is 0 Å². The lowest BCUT2D eigenvalue weighted by Gasteiger charge is -2.28. The van der Waals surface area contributed by atoms with E-state index < -0.39 is 0 Å². The minimum Gasteiger partial charge on any atom is -0.319 e. The van der Waals surface area contributed by atoms with Crippen LogP contribution in [0, 0.1) is 6.92 Å². The summed E-state index contributed by atoms with van der Waals surface area (Å²) in [4.78, 5) is 21.0. The molecule has 7 nitrogen and oxygen atoms in total. The van der Waals surface area contributed by atoms with Crippen molar-refractivity contribution in [3.8, 4) is 5.00 Å². The molecule has 0 radical (unpaired) electrons. The summed E-state index contributed by atoms with van der Waals surface area (Å²) in [5.74, 6) is 1.57. The standard InChI is InChI=1S/C25H19Cl3N6OS/c1-13-31-32-20-11-29-23(14-5-2-3-6-16(14)26)21-15-9-10-33(12-19(15)36-24(21)34(13)20)25(35)30-18-8-4-7-17(27)22(18)28/h2-8H,9-12H2,1H3,(H,30,35). The Bertz CT molecular complexity index is 1560. The number of rotatable bonds is 2. The molecule has 0 atom stereocenters. The van der Waals surface area contributed by atoms with Crippen LogP contribution < -0.4 is 5.32 Å². The maximum Gasteiger partial charge on any atom is 0.322 e. The van der Waals surface area contributed by atoms with Crippen LogP contribution in [0.2, 0.25) is 15.1 Å². The first-order chi connectivity index (χ1) is 17.4. The molecule has 0 saturated heterocycles. The first kappa shape index (κ1) is 23.5. The van der Waals surface area contributed by atoms with Crippen molar-refractivity contribution in [2.24, 2.45) is 4.99 Å². The Kier molecular flexibility index (Phi) is 6.00. The Morgan fingerprint density at radius 3 is 2.69 bits per heavy atom. The second-order valence-corrected chi connectivity index (χ2v) is 10.8. The molecule has 0 aliphatic carbocycles. The van der Waals surface area contributed by atoms with Crippen LogP contribution in [-0.4, -0.2) is 38.0 Å². The number of carbonyl (C=O) groups excluding carboxylic acids is 1. The third-order valence-electron chi connectivity index (χ3n) is 6.36. The highest BCUT2D eigenvalue weighted by Gasteiger charge is 2.33. The molecule has 1 N–H and O–H groups in total. The topological polar surface area (TPSA) is 75.4 Å². The van der Waals surface area contributed by atoms with Crippen molar-refractivity contribution in [1.29, 1.82) is 0 Å². The molecule has 0 saturated carbocycles. The smallest absolute Gasteiger partial charge is 0.319 e. The van der Waals surface area contributed by atoms with Crippen LogP contribution in [0.3, 0.4) is 0 Å². The van der Waals surface area contributed by atoms with E-state index >= 15 is 0 Å². The third kappa shape index (κ3) is 3.89. The number of aromatic nitrogens is 3. The number of hydrogen-bond donors (Lipinski definition) is 1. The van der Waals surface area contributed by atoms with E-state index in [0.29, 0.717) is 46.8 Å². The lowest BCUT2D eigenvalue weighted by Crippen LogP contribution is -2.38. The molecule has 11 heteroatoms. The van der Waals surface area contributed by atoms with Gasteiger partial charge in [-0.05, 0) is 37.1 Å². The van der Waals surface area contributed by atoms with E-state index in [4.69, 9.17) is 39.8 Å². The number of aliphatic imine (C=N–C) groups is 1. The lowest BCUT2D eigenvalue weighted by molar-refractivity contribution is 0.207. The van der Waals surface area contributed by atoms with Crippen molar-refractivity contribution in [2.75, 3.05) is 11.9 Å². The molecule has 0 unspecified atom stereocenters. The Labute approximate surface area is 226 Å². The van der Waals surface area contributed by atoms with Crippen molar-refractivity contribution in [2.45, 2.75) is 26.4 Å². The Hall–Kier alpha value is -2.91. The first-order valence-corrected chi connectivity index (χ1v) is 13.2. The van der Waals surface area contributed by atoms with Crippen LogP contribution in [-0.2, 0) is 19.5 Å². The summed E-state index contributed by atoms with van der Waals surface area (Å²) in [6, 6.07) is 12.7. The average Bonchev–Trinajstić information content (AvgIpc) is 3.37. The van der Waals surface area contributed by atoms with Gasteiger partial charge in [0.1, 0.15) is 17.4 Å². The quantitative estimate of drug-likeness (QED) is 0.304. The second-order valence-electron chi connectivity index (χ2n) is 8.53. The van der Waals surface area contributed by atoms with E-state index in [1.165, 1.54) is 5.56 Å². The SMILES string of the molecule is Cc1nnc2n1-c1sc3c(c1C(c1ccccc1Cl)=NC2)CCN(C(=O)Nc1cccc(Cl)c1Cl)C3. The summed E-state index contributed by atoms with van der Waals surface area (Å²) >= 11 is 20.6. The number of hydrogen-bond acceptors (Lipinski definition) is 5. The van der Waals surface area contributed by atoms with Gasteiger partial charge in [-0.15, -0.1) is 21.5 Å². The number of fused-ring (bicyclic) bond motifs is 5. The van der Waals surface area contributed by atoms with Crippen LogP contribution in [0.4, 0.5) is 10.5 Å². The summed E-state index contributed by atoms with van der Waals surface area (Å²) in [6.45, 7) is 3.35. The van der Waals surface area contributed by atoms with Crippen molar-refractivity contribution in [1.82, 2.24) is 19.7 Å². The Morgan fingerprint density at radius 2 is 1.86 bits per heavy atom. The predicted octanol–water partition coefficient (Wildman–Crippen LogP) is 6.54. The molecule has 6 rings (SSSR count). The maximum absolute atomic E-state index is 13.1. The first-order valence-electron chi connectivity index (χ1n) is 11.3. The molecule has 2 amide bonds. The fourth-order valence-corrected chi connectivity index (χ4v) is 6.64. The number of urea groups is 1. The molecule has 4 aromatic rings. The van der Waals surface area contributed by atoms with Crippen LogP contribution in [0.15, 0.2) is 47.5 Å². The van der Waals surface area contributed by atoms with Gasteiger partial charge in [-0.25, -0.2) is 4.79 Å². The normalized spacial score (nSPS) is 14.4. The largest absolute Gasteiger partial charge is 0.322 e. The van der Waals surface area contributed by atoms with E-state index in [1.54, 1.807) is 34.4 Å². The van der Waals surface area contributed by atoms with Gasteiger partial charge in [-0.3, -0.25) is 9.56 Å². The van der Waals surface area contributed by atoms with E-state index in [0.717, 1.165) is 38.4 Å². The highest BCUT2D eigenvalue weighted by Crippen LogP contribution is 2.40. The summed E-state index contributed by atoms with van der Waals surface area (Å²) in [5, 5.41) is 13.9. The number of amides is 2. The molecular weight excluding hydrogens is 539 g/mol. The molecule has 2 aromatic carbocycles. The van der Waals surface area contributed by atoms with E-state index in [-0.39, 0.29) is 6.03 Å². The summed E-state index contributed by atoms with van der Waals surface area (Å²) in [5.41, 5.74) is 4.44. The van der Waals surface area contributed by atoms with Gasteiger partial charge in [0, 0.05) is 27.6 Å². The zero-order valence-electron chi connectivity index (χ0n) is 19.1. The van der Waals surface area contributed by atoms with Crippen LogP contribution in [0.5, 0.6) is 0 Å². The van der Waals surface area contributed by atoms with E-state index in [9.17, 15) is 4.79 Å². The second kappa shape index (κ2) is 9.19. The number of benzene rings is 2. The predicted molar refractivity (Wildman–Crippen MR) is 144 cm³/mol. The van der Waals surface area contributed by atoms with Crippen molar-refractivity contribution >= 4 is 63.6 Å². The zero-order chi connectivity index (χ0) is 25.0. The van der Waals surface area contributed by atoms with Crippen molar-refractivity contribution < 1.29 is 4.79 Å². The van der Waals surface area contributed by atoms with Gasteiger partial charge in [-0.2, -0.15) is 0 Å². The van der Waals surface area contributed by atoms with Gasteiger partial charge < -0.3 is 10.2 Å². The van der Waals surface area contributed by atoms with Gasteiger partial charge in [0.2, 0.25) is 0 Å². The number of carbonyl (C=O) groups is 1. The van der Waals surface area contributed by atoms with E-state index in [1.807, 2.05) is 31.2 Å². The number of anilines is 1. The molecule has 4 heterocycles. The van der Waals surface area contributed by atoms with Crippen LogP contribution >= 0.6 is 46.1 Å². The lowest BCUT2D eigenvalue weighted by atomic mass is 9.95. The Balaban J connectivity index is 1.40. The molecule has 182 valence electrons. The zero-order valence-corrected chi connectivity index (χ0v) is 22.1. The monoisotopic (exact) mass is 556 g/mol. The average molecular weight is 558 g/mol. The summed E-state index contributed by atoms with van der Waals surface area (Å²) in [6.07, 6.45) is 0.678. The van der Waals surface area contributed by atoms with Crippen molar-refractivity contribution in [3.63, 3.8) is 0 Å². The highest BCUT2D eigenvalue weighted by atomic mass is 35.5. The molecule has 2 aromatic heterocycles. The number of halogens is 3. The summed E-state index contributed by atoms with van der Waals surface area (Å²) < 4.78 is 2.07. The minimum absolute atomic E-state index is 0.227. The van der Waals surface area contributed by atoms with Crippen molar-refractivity contribution in [3.05, 3.63) is 90.7 Å². The molecule has 2 aliphatic rings. The summed E-state index contributed by atoms with van der Waals surface area (Å²) in [7, 11) is 0. The number of thiophene rings is 1. The molecule has 0 spiro atoms. The number of nitrogens with one attached hydrogen (secondary N) is 1. The molecule has 2 aliphatic heterocycles. The van der Waals surface area contributed by atoms with Crippen LogP contribution in [0.1, 0.15) is 33.2 Å². The highest BCUT2D eigenvalue weighted by molar-refractivity contribution is 7.15. The Morgan fingerprint density at radius 1 is 1.06 bits per heavy atom. The van der Waals surface area contributed by atoms with E-state index in [2.05, 4.69) is 20.1 Å². The fourth-order valence-electron chi connectivity index (χ4n) is 4.63.